The lowest BCUT2D eigenvalue weighted by Crippen LogP contribution is -1.95. The molecule has 3 heteroatoms. The van der Waals surface area contributed by atoms with Crippen molar-refractivity contribution < 1.29 is 4.74 Å². The molecule has 0 radical (unpaired) electrons. The lowest BCUT2D eigenvalue weighted by molar-refractivity contribution is 0.418. The van der Waals surface area contributed by atoms with Gasteiger partial charge in [-0.1, -0.05) is 6.07 Å². The Kier molecular flexibility index (Phi) is 2.40. The van der Waals surface area contributed by atoms with Crippen LogP contribution in [0.1, 0.15) is 11.1 Å². The van der Waals surface area contributed by atoms with Gasteiger partial charge >= 0.3 is 0 Å². The fourth-order valence-corrected chi connectivity index (χ4v) is 2.11. The molecule has 0 amide bonds. The van der Waals surface area contributed by atoms with Crippen molar-refractivity contribution in [2.24, 2.45) is 12.8 Å². The zero-order valence-corrected chi connectivity index (χ0v) is 9.37. The van der Waals surface area contributed by atoms with Gasteiger partial charge in [-0.05, 0) is 24.1 Å². The molecule has 0 bridgehead atoms. The first-order valence-electron chi connectivity index (χ1n) is 5.00. The highest BCUT2D eigenvalue weighted by molar-refractivity contribution is 5.91. The number of nitrogens with zero attached hydrogens (tertiary/aromatic N) is 1. The molecule has 0 atom stereocenters. The predicted octanol–water partition coefficient (Wildman–Crippen LogP) is 1.95. The van der Waals surface area contributed by atoms with Crippen LogP contribution < -0.4 is 10.5 Å². The van der Waals surface area contributed by atoms with Gasteiger partial charge in [0, 0.05) is 25.2 Å². The summed E-state index contributed by atoms with van der Waals surface area (Å²) < 4.78 is 7.43. The fourth-order valence-electron chi connectivity index (χ4n) is 2.11. The molecule has 0 spiro atoms. The molecular formula is C12H16N2O. The molecular weight excluding hydrogens is 188 g/mol. The van der Waals surface area contributed by atoms with Gasteiger partial charge in [-0.15, -0.1) is 0 Å². The van der Waals surface area contributed by atoms with Crippen molar-refractivity contribution >= 4 is 10.9 Å². The molecule has 0 aliphatic heterocycles. The van der Waals surface area contributed by atoms with Crippen LogP contribution in [0.15, 0.2) is 18.3 Å². The number of aryl methyl sites for hydroxylation is 2. The van der Waals surface area contributed by atoms with Crippen molar-refractivity contribution in [1.82, 2.24) is 4.57 Å². The quantitative estimate of drug-likeness (QED) is 0.812. The number of hydrogen-bond acceptors (Lipinski definition) is 2. The van der Waals surface area contributed by atoms with Crippen LogP contribution in [-0.2, 0) is 13.6 Å². The molecule has 0 aliphatic carbocycles. The lowest BCUT2D eigenvalue weighted by atomic mass is 10.1. The van der Waals surface area contributed by atoms with Gasteiger partial charge in [0.25, 0.3) is 0 Å². The number of nitrogens with two attached hydrogens (primary N) is 1. The van der Waals surface area contributed by atoms with Gasteiger partial charge in [0.2, 0.25) is 0 Å². The summed E-state index contributed by atoms with van der Waals surface area (Å²) in [6.45, 7) is 2.66. The van der Waals surface area contributed by atoms with E-state index < -0.39 is 0 Å². The monoisotopic (exact) mass is 204 g/mol. The van der Waals surface area contributed by atoms with Gasteiger partial charge in [0.15, 0.2) is 0 Å². The molecule has 0 unspecified atom stereocenters. The molecule has 0 saturated heterocycles. The SMILES string of the molecule is COc1ccc(C)c2c(CN)cn(C)c12. The Morgan fingerprint density at radius 2 is 2.13 bits per heavy atom. The van der Waals surface area contributed by atoms with Crippen LogP contribution in [0.5, 0.6) is 5.75 Å². The summed E-state index contributed by atoms with van der Waals surface area (Å²) in [6, 6.07) is 4.07. The van der Waals surface area contributed by atoms with Crippen molar-refractivity contribution in [3.8, 4) is 5.75 Å². The molecule has 2 N–H and O–H groups in total. The summed E-state index contributed by atoms with van der Waals surface area (Å²) in [7, 11) is 3.71. The van der Waals surface area contributed by atoms with Gasteiger partial charge in [-0.25, -0.2) is 0 Å². The summed E-state index contributed by atoms with van der Waals surface area (Å²) in [6.07, 6.45) is 2.07. The maximum atomic E-state index is 5.74. The molecule has 0 saturated carbocycles. The van der Waals surface area contributed by atoms with E-state index in [-0.39, 0.29) is 0 Å². The molecule has 3 nitrogen and oxygen atoms in total. The van der Waals surface area contributed by atoms with E-state index in [0.717, 1.165) is 11.3 Å². The maximum Gasteiger partial charge on any atom is 0.143 e. The van der Waals surface area contributed by atoms with Crippen molar-refractivity contribution in [2.45, 2.75) is 13.5 Å². The highest BCUT2D eigenvalue weighted by atomic mass is 16.5. The van der Waals surface area contributed by atoms with Crippen molar-refractivity contribution in [2.75, 3.05) is 7.11 Å². The summed E-state index contributed by atoms with van der Waals surface area (Å²) in [5.74, 6) is 0.901. The first kappa shape index (κ1) is 10.1. The average molecular weight is 204 g/mol. The average Bonchev–Trinajstić information content (AvgIpc) is 2.58. The van der Waals surface area contributed by atoms with Crippen LogP contribution in [0.25, 0.3) is 10.9 Å². The van der Waals surface area contributed by atoms with E-state index in [0.29, 0.717) is 6.54 Å². The fraction of sp³-hybridized carbons (Fsp3) is 0.333. The van der Waals surface area contributed by atoms with Gasteiger partial charge in [0.05, 0.1) is 12.6 Å². The second kappa shape index (κ2) is 3.59. The Hall–Kier alpha value is -1.48. The van der Waals surface area contributed by atoms with Crippen molar-refractivity contribution in [3.05, 3.63) is 29.5 Å². The van der Waals surface area contributed by atoms with Gasteiger partial charge in [0.1, 0.15) is 5.75 Å². The zero-order chi connectivity index (χ0) is 11.0. The number of ether oxygens (including phenoxy) is 1. The van der Waals surface area contributed by atoms with E-state index >= 15 is 0 Å². The number of methoxy groups -OCH3 is 1. The minimum atomic E-state index is 0.561. The van der Waals surface area contributed by atoms with Crippen LogP contribution in [0.4, 0.5) is 0 Å². The predicted molar refractivity (Wildman–Crippen MR) is 62.1 cm³/mol. The normalized spacial score (nSPS) is 10.9. The minimum Gasteiger partial charge on any atom is -0.495 e. The van der Waals surface area contributed by atoms with E-state index in [1.807, 2.05) is 13.1 Å². The summed E-state index contributed by atoms with van der Waals surface area (Å²) in [4.78, 5) is 0. The molecule has 15 heavy (non-hydrogen) atoms. The van der Waals surface area contributed by atoms with E-state index in [4.69, 9.17) is 10.5 Å². The number of rotatable bonds is 2. The van der Waals surface area contributed by atoms with Crippen LogP contribution in [0.2, 0.25) is 0 Å². The Labute approximate surface area is 89.4 Å². The lowest BCUT2D eigenvalue weighted by Gasteiger charge is -2.06. The van der Waals surface area contributed by atoms with Crippen LogP contribution >= 0.6 is 0 Å². The van der Waals surface area contributed by atoms with Gasteiger partial charge in [-0.3, -0.25) is 0 Å². The van der Waals surface area contributed by atoms with E-state index in [9.17, 15) is 0 Å². The second-order valence-electron chi connectivity index (χ2n) is 3.78. The van der Waals surface area contributed by atoms with E-state index in [1.54, 1.807) is 7.11 Å². The molecule has 1 aromatic heterocycles. The summed E-state index contributed by atoms with van der Waals surface area (Å²) in [5.41, 5.74) is 9.27. The molecule has 1 aromatic carbocycles. The third kappa shape index (κ3) is 1.39. The van der Waals surface area contributed by atoms with Gasteiger partial charge in [-0.2, -0.15) is 0 Å². The number of benzene rings is 1. The highest BCUT2D eigenvalue weighted by Gasteiger charge is 2.11. The topological polar surface area (TPSA) is 40.2 Å². The van der Waals surface area contributed by atoms with Crippen molar-refractivity contribution in [1.29, 1.82) is 0 Å². The second-order valence-corrected chi connectivity index (χ2v) is 3.78. The first-order chi connectivity index (χ1) is 7.19. The Bertz CT molecular complexity index is 500. The Morgan fingerprint density at radius 1 is 1.40 bits per heavy atom. The number of hydrogen-bond donors (Lipinski definition) is 1. The third-order valence-corrected chi connectivity index (χ3v) is 2.81. The highest BCUT2D eigenvalue weighted by Crippen LogP contribution is 2.31. The van der Waals surface area contributed by atoms with Crippen LogP contribution in [0, 0.1) is 6.92 Å². The molecule has 1 heterocycles. The third-order valence-electron chi connectivity index (χ3n) is 2.81. The summed E-state index contributed by atoms with van der Waals surface area (Å²) >= 11 is 0. The largest absolute Gasteiger partial charge is 0.495 e. The van der Waals surface area contributed by atoms with E-state index in [1.165, 1.54) is 16.5 Å². The number of fused-ring (bicyclic) bond motifs is 1. The summed E-state index contributed by atoms with van der Waals surface area (Å²) in [5, 5.41) is 1.22. The van der Waals surface area contributed by atoms with Crippen molar-refractivity contribution in [3.63, 3.8) is 0 Å². The molecule has 80 valence electrons. The Morgan fingerprint density at radius 3 is 2.73 bits per heavy atom. The smallest absolute Gasteiger partial charge is 0.143 e. The standard InChI is InChI=1S/C12H16N2O/c1-8-4-5-10(15-3)12-11(8)9(6-13)7-14(12)2/h4-5,7H,6,13H2,1-3H3. The molecule has 0 aliphatic rings. The van der Waals surface area contributed by atoms with Crippen LogP contribution in [-0.4, -0.2) is 11.7 Å². The maximum absolute atomic E-state index is 5.74. The Balaban J connectivity index is 2.89. The molecule has 2 rings (SSSR count). The molecule has 0 fully saturated rings. The van der Waals surface area contributed by atoms with Gasteiger partial charge < -0.3 is 15.0 Å². The van der Waals surface area contributed by atoms with E-state index in [2.05, 4.69) is 23.8 Å². The molecule has 2 aromatic rings. The first-order valence-corrected chi connectivity index (χ1v) is 5.00. The minimum absolute atomic E-state index is 0.561. The zero-order valence-electron chi connectivity index (χ0n) is 9.37. The van der Waals surface area contributed by atoms with Crippen LogP contribution in [0.3, 0.4) is 0 Å². The number of aromatic nitrogens is 1.